The van der Waals surface area contributed by atoms with Crippen molar-refractivity contribution in [3.8, 4) is 0 Å². The molecule has 124 valence electrons. The van der Waals surface area contributed by atoms with Crippen LogP contribution in [0.25, 0.3) is 0 Å². The molecule has 0 unspecified atom stereocenters. The topological polar surface area (TPSA) is 115 Å². The van der Waals surface area contributed by atoms with Gasteiger partial charge in [-0.25, -0.2) is 4.68 Å². The Balaban J connectivity index is 2.02. The molecular weight excluding hydrogens is 300 g/mol. The van der Waals surface area contributed by atoms with E-state index >= 15 is 0 Å². The number of nitrogens with zero attached hydrogens (tertiary/aromatic N) is 5. The number of amides is 1. The second-order valence-corrected chi connectivity index (χ2v) is 5.25. The van der Waals surface area contributed by atoms with Gasteiger partial charge in [-0.1, -0.05) is 12.1 Å². The van der Waals surface area contributed by atoms with Crippen molar-refractivity contribution in [1.82, 2.24) is 30.1 Å². The second kappa shape index (κ2) is 7.03. The average Bonchev–Trinajstić information content (AvgIpc) is 3.01. The maximum absolute atomic E-state index is 12.3. The zero-order valence-electron chi connectivity index (χ0n) is 13.4. The maximum atomic E-state index is 12.3. The number of hydrogen-bond donors (Lipinski definition) is 2. The molecule has 0 radical (unpaired) electrons. The Morgan fingerprint density at radius 3 is 2.74 bits per heavy atom. The van der Waals surface area contributed by atoms with E-state index in [9.17, 15) is 9.59 Å². The first kappa shape index (κ1) is 16.7. The maximum Gasteiger partial charge on any atom is 0.325 e. The predicted octanol–water partition coefficient (Wildman–Crippen LogP) is 0.516. The van der Waals surface area contributed by atoms with Crippen LogP contribution >= 0.6 is 0 Å². The Morgan fingerprint density at radius 1 is 1.35 bits per heavy atom. The predicted molar refractivity (Wildman–Crippen MR) is 80.8 cm³/mol. The van der Waals surface area contributed by atoms with Crippen molar-refractivity contribution >= 4 is 11.9 Å². The van der Waals surface area contributed by atoms with Crippen molar-refractivity contribution in [3.63, 3.8) is 0 Å². The summed E-state index contributed by atoms with van der Waals surface area (Å²) in [4.78, 5) is 22.9. The van der Waals surface area contributed by atoms with Crippen LogP contribution in [0.15, 0.2) is 6.20 Å². The van der Waals surface area contributed by atoms with Crippen LogP contribution in [0.3, 0.4) is 0 Å². The molecule has 0 bridgehead atoms. The lowest BCUT2D eigenvalue weighted by molar-refractivity contribution is -0.137. The highest BCUT2D eigenvalue weighted by molar-refractivity contribution is 5.96. The summed E-state index contributed by atoms with van der Waals surface area (Å²) in [5, 5.41) is 23.3. The number of rotatable bonds is 7. The molecule has 0 atom stereocenters. The van der Waals surface area contributed by atoms with Gasteiger partial charge in [-0.15, -0.1) is 5.10 Å². The van der Waals surface area contributed by atoms with E-state index in [4.69, 9.17) is 5.11 Å². The summed E-state index contributed by atoms with van der Waals surface area (Å²) in [6, 6.07) is 0. The zero-order chi connectivity index (χ0) is 17.0. The SMILES string of the molecule is CCCn1nc(C)c(C(=O)NCc2cn(CC(=O)O)nn2)c1C. The number of carbonyl (C=O) groups excluding carboxylic acids is 1. The first-order valence-corrected chi connectivity index (χ1v) is 7.35. The molecule has 0 aliphatic carbocycles. The molecule has 0 fully saturated rings. The normalized spacial score (nSPS) is 10.7. The quantitative estimate of drug-likeness (QED) is 0.768. The lowest BCUT2D eigenvalue weighted by Gasteiger charge is -2.04. The number of carboxylic acids is 1. The summed E-state index contributed by atoms with van der Waals surface area (Å²) in [6.45, 7) is 6.41. The van der Waals surface area contributed by atoms with Gasteiger partial charge in [0.2, 0.25) is 0 Å². The highest BCUT2D eigenvalue weighted by Gasteiger charge is 2.18. The van der Waals surface area contributed by atoms with E-state index in [1.165, 1.54) is 10.9 Å². The Morgan fingerprint density at radius 2 is 2.09 bits per heavy atom. The van der Waals surface area contributed by atoms with Crippen LogP contribution in [0.5, 0.6) is 0 Å². The molecule has 2 heterocycles. The number of hydrogen-bond acceptors (Lipinski definition) is 5. The highest BCUT2D eigenvalue weighted by Crippen LogP contribution is 2.13. The van der Waals surface area contributed by atoms with Crippen molar-refractivity contribution < 1.29 is 14.7 Å². The number of aryl methyl sites for hydroxylation is 2. The van der Waals surface area contributed by atoms with Gasteiger partial charge in [0.05, 0.1) is 24.0 Å². The van der Waals surface area contributed by atoms with Crippen molar-refractivity contribution in [3.05, 3.63) is 28.8 Å². The third kappa shape index (κ3) is 3.93. The molecule has 0 spiro atoms. The third-order valence-electron chi connectivity index (χ3n) is 3.36. The fraction of sp³-hybridized carbons (Fsp3) is 0.500. The first-order valence-electron chi connectivity index (χ1n) is 7.35. The molecule has 2 rings (SSSR count). The molecule has 2 N–H and O–H groups in total. The molecule has 9 nitrogen and oxygen atoms in total. The van der Waals surface area contributed by atoms with Crippen LogP contribution in [-0.2, 0) is 24.4 Å². The monoisotopic (exact) mass is 320 g/mol. The first-order chi connectivity index (χ1) is 10.9. The van der Waals surface area contributed by atoms with E-state index in [2.05, 4.69) is 27.7 Å². The van der Waals surface area contributed by atoms with Crippen LogP contribution in [0.2, 0.25) is 0 Å². The summed E-state index contributed by atoms with van der Waals surface area (Å²) in [7, 11) is 0. The Labute approximate surface area is 133 Å². The van der Waals surface area contributed by atoms with E-state index in [1.54, 1.807) is 6.92 Å². The molecule has 23 heavy (non-hydrogen) atoms. The molecule has 0 aromatic carbocycles. The molecule has 2 aromatic heterocycles. The minimum absolute atomic E-state index is 0.177. The van der Waals surface area contributed by atoms with Gasteiger partial charge in [-0.2, -0.15) is 5.10 Å². The Hall–Kier alpha value is -2.71. The minimum atomic E-state index is -1.000. The molecule has 0 aliphatic rings. The van der Waals surface area contributed by atoms with Gasteiger partial charge in [0.15, 0.2) is 0 Å². The van der Waals surface area contributed by atoms with Crippen LogP contribution in [-0.4, -0.2) is 41.8 Å². The lowest BCUT2D eigenvalue weighted by Crippen LogP contribution is -2.24. The van der Waals surface area contributed by atoms with Gasteiger partial charge in [-0.3, -0.25) is 14.3 Å². The molecular formula is C14H20N6O3. The molecule has 2 aromatic rings. The molecule has 0 aliphatic heterocycles. The lowest BCUT2D eigenvalue weighted by atomic mass is 10.2. The molecule has 0 saturated carbocycles. The van der Waals surface area contributed by atoms with Gasteiger partial charge in [0, 0.05) is 12.2 Å². The average molecular weight is 320 g/mol. The van der Waals surface area contributed by atoms with Crippen LogP contribution in [0, 0.1) is 13.8 Å². The number of carbonyl (C=O) groups is 2. The fourth-order valence-electron chi connectivity index (χ4n) is 2.35. The van der Waals surface area contributed by atoms with Gasteiger partial charge in [0.1, 0.15) is 12.2 Å². The van der Waals surface area contributed by atoms with Crippen LogP contribution in [0.1, 0.15) is 40.8 Å². The Kier molecular flexibility index (Phi) is 5.09. The number of nitrogens with one attached hydrogen (secondary N) is 1. The van der Waals surface area contributed by atoms with Gasteiger partial charge in [0.25, 0.3) is 5.91 Å². The summed E-state index contributed by atoms with van der Waals surface area (Å²) < 4.78 is 3.03. The highest BCUT2D eigenvalue weighted by atomic mass is 16.4. The van der Waals surface area contributed by atoms with Gasteiger partial charge >= 0.3 is 5.97 Å². The van der Waals surface area contributed by atoms with E-state index in [-0.39, 0.29) is 19.0 Å². The van der Waals surface area contributed by atoms with Crippen molar-refractivity contribution in [1.29, 1.82) is 0 Å². The smallest absolute Gasteiger partial charge is 0.325 e. The summed E-state index contributed by atoms with van der Waals surface area (Å²) in [6.07, 6.45) is 2.43. The Bertz CT molecular complexity index is 718. The zero-order valence-corrected chi connectivity index (χ0v) is 13.4. The van der Waals surface area contributed by atoms with Gasteiger partial charge < -0.3 is 10.4 Å². The summed E-state index contributed by atoms with van der Waals surface area (Å²) in [5.74, 6) is -1.23. The van der Waals surface area contributed by atoms with E-state index < -0.39 is 5.97 Å². The second-order valence-electron chi connectivity index (χ2n) is 5.25. The third-order valence-corrected chi connectivity index (χ3v) is 3.36. The van der Waals surface area contributed by atoms with Gasteiger partial charge in [-0.05, 0) is 20.3 Å². The van der Waals surface area contributed by atoms with E-state index in [0.29, 0.717) is 17.0 Å². The molecule has 9 heteroatoms. The number of carboxylic acid groups (broad SMARTS) is 1. The largest absolute Gasteiger partial charge is 0.480 e. The minimum Gasteiger partial charge on any atom is -0.480 e. The summed E-state index contributed by atoms with van der Waals surface area (Å²) >= 11 is 0. The molecule has 1 amide bonds. The standard InChI is InChI=1S/C14H20N6O3/c1-4-5-20-10(3)13(9(2)17-20)14(23)15-6-11-7-19(18-16-11)8-12(21)22/h7H,4-6,8H2,1-3H3,(H,15,23)(H,21,22). The van der Waals surface area contributed by atoms with Crippen LogP contribution < -0.4 is 5.32 Å². The van der Waals surface area contributed by atoms with E-state index in [1.807, 2.05) is 11.6 Å². The van der Waals surface area contributed by atoms with Crippen molar-refractivity contribution in [2.24, 2.45) is 0 Å². The fourth-order valence-corrected chi connectivity index (χ4v) is 2.35. The van der Waals surface area contributed by atoms with Crippen molar-refractivity contribution in [2.75, 3.05) is 0 Å². The summed E-state index contributed by atoms with van der Waals surface area (Å²) in [5.41, 5.74) is 2.58. The van der Waals surface area contributed by atoms with Crippen LogP contribution in [0.4, 0.5) is 0 Å². The van der Waals surface area contributed by atoms with E-state index in [0.717, 1.165) is 18.7 Å². The number of aliphatic carboxylic acids is 1. The number of aromatic nitrogens is 5. The molecule has 0 saturated heterocycles. The van der Waals surface area contributed by atoms with Crippen molar-refractivity contribution in [2.45, 2.75) is 46.8 Å².